The van der Waals surface area contributed by atoms with Gasteiger partial charge in [0, 0.05) is 17.7 Å². The summed E-state index contributed by atoms with van der Waals surface area (Å²) in [5.74, 6) is -0.0756. The molecule has 0 amide bonds. The molecule has 3 aromatic rings. The minimum absolute atomic E-state index is 0.103. The Kier molecular flexibility index (Phi) is 5.49. The van der Waals surface area contributed by atoms with Gasteiger partial charge in [0.25, 0.3) is 0 Å². The van der Waals surface area contributed by atoms with Crippen LogP contribution in [0.25, 0.3) is 0 Å². The van der Waals surface area contributed by atoms with Crippen LogP contribution in [-0.2, 0) is 6.61 Å². The number of phenols is 1. The fraction of sp³-hybridized carbons (Fsp3) is 0.0526. The maximum absolute atomic E-state index is 14.0. The Balaban J connectivity index is 1.77. The van der Waals surface area contributed by atoms with Gasteiger partial charge in [0.1, 0.15) is 35.5 Å². The molecule has 0 saturated carbocycles. The zero-order chi connectivity index (χ0) is 18.7. The Hall–Kier alpha value is -2.50. The molecule has 0 aliphatic carbocycles. The summed E-state index contributed by atoms with van der Waals surface area (Å²) >= 11 is 11.9. The van der Waals surface area contributed by atoms with Gasteiger partial charge in [-0.1, -0.05) is 23.2 Å². The molecule has 0 aromatic heterocycles. The molecule has 0 fully saturated rings. The minimum atomic E-state index is -0.498. The maximum Gasteiger partial charge on any atom is 0.157 e. The molecule has 0 spiro atoms. The number of rotatable bonds is 5. The summed E-state index contributed by atoms with van der Waals surface area (Å²) in [5.41, 5.74) is 0.213. The monoisotopic (exact) mass is 396 g/mol. The third-order valence-electron chi connectivity index (χ3n) is 3.42. The molecule has 0 saturated heterocycles. The molecule has 26 heavy (non-hydrogen) atoms. The van der Waals surface area contributed by atoms with Crippen LogP contribution in [0.2, 0.25) is 10.0 Å². The van der Waals surface area contributed by atoms with Crippen molar-refractivity contribution < 1.29 is 23.4 Å². The first-order valence-electron chi connectivity index (χ1n) is 7.45. The highest BCUT2D eigenvalue weighted by atomic mass is 35.5. The van der Waals surface area contributed by atoms with E-state index >= 15 is 0 Å². The molecule has 0 bridgehead atoms. The van der Waals surface area contributed by atoms with Gasteiger partial charge in [0.05, 0.1) is 10.0 Å². The summed E-state index contributed by atoms with van der Waals surface area (Å²) < 4.78 is 38.0. The Morgan fingerprint density at radius 1 is 0.846 bits per heavy atom. The van der Waals surface area contributed by atoms with Crippen molar-refractivity contribution in [2.45, 2.75) is 6.61 Å². The second-order valence-corrected chi connectivity index (χ2v) is 6.15. The van der Waals surface area contributed by atoms with E-state index in [1.54, 1.807) is 0 Å². The molecule has 7 heteroatoms. The van der Waals surface area contributed by atoms with Crippen LogP contribution >= 0.6 is 23.2 Å². The third-order valence-corrected chi connectivity index (χ3v) is 3.98. The van der Waals surface area contributed by atoms with Crippen molar-refractivity contribution in [1.29, 1.82) is 0 Å². The molecular weight excluding hydrogens is 385 g/mol. The Morgan fingerprint density at radius 2 is 1.46 bits per heavy atom. The van der Waals surface area contributed by atoms with E-state index in [0.29, 0.717) is 11.5 Å². The number of halogens is 4. The van der Waals surface area contributed by atoms with Crippen molar-refractivity contribution >= 4 is 23.2 Å². The van der Waals surface area contributed by atoms with Gasteiger partial charge >= 0.3 is 0 Å². The topological polar surface area (TPSA) is 38.7 Å². The molecule has 1 N–H and O–H groups in total. The van der Waals surface area contributed by atoms with Crippen molar-refractivity contribution in [2.24, 2.45) is 0 Å². The van der Waals surface area contributed by atoms with Gasteiger partial charge in [-0.25, -0.2) is 8.78 Å². The standard InChI is InChI=1S/C19H12Cl2F2O3/c20-16-8-13(24)9-17(21)19(16)25-10-11-7-15(5-6-18(11)23)26-14-3-1-12(22)2-4-14/h1-9,24H,10H2. The van der Waals surface area contributed by atoms with Gasteiger partial charge in [-0.15, -0.1) is 0 Å². The highest BCUT2D eigenvalue weighted by molar-refractivity contribution is 6.37. The highest BCUT2D eigenvalue weighted by Gasteiger charge is 2.12. The van der Waals surface area contributed by atoms with Crippen molar-refractivity contribution in [1.82, 2.24) is 0 Å². The lowest BCUT2D eigenvalue weighted by atomic mass is 10.2. The third kappa shape index (κ3) is 4.36. The quantitative estimate of drug-likeness (QED) is 0.545. The van der Waals surface area contributed by atoms with Crippen LogP contribution < -0.4 is 9.47 Å². The van der Waals surface area contributed by atoms with Crippen molar-refractivity contribution in [3.8, 4) is 23.0 Å². The van der Waals surface area contributed by atoms with Crippen LogP contribution in [0, 0.1) is 11.6 Å². The lowest BCUT2D eigenvalue weighted by molar-refractivity contribution is 0.299. The number of benzene rings is 3. The van der Waals surface area contributed by atoms with E-state index in [4.69, 9.17) is 32.7 Å². The van der Waals surface area contributed by atoms with E-state index in [2.05, 4.69) is 0 Å². The average molecular weight is 397 g/mol. The van der Waals surface area contributed by atoms with E-state index in [0.717, 1.165) is 0 Å². The fourth-order valence-corrected chi connectivity index (χ4v) is 2.78. The van der Waals surface area contributed by atoms with Crippen LogP contribution in [0.4, 0.5) is 8.78 Å². The molecule has 3 rings (SSSR count). The summed E-state index contributed by atoms with van der Waals surface area (Å²) in [6, 6.07) is 12.1. The zero-order valence-electron chi connectivity index (χ0n) is 13.2. The van der Waals surface area contributed by atoms with Crippen LogP contribution in [0.15, 0.2) is 54.6 Å². The molecule has 0 radical (unpaired) electrons. The fourth-order valence-electron chi connectivity index (χ4n) is 2.20. The van der Waals surface area contributed by atoms with Gasteiger partial charge in [0.15, 0.2) is 5.75 Å². The summed E-state index contributed by atoms with van der Waals surface area (Å²) in [5, 5.41) is 9.63. The predicted octanol–water partition coefficient (Wildman–Crippen LogP) is 6.35. The van der Waals surface area contributed by atoms with Crippen LogP contribution in [0.5, 0.6) is 23.0 Å². The Labute approximate surface area is 158 Å². The number of hydrogen-bond donors (Lipinski definition) is 1. The smallest absolute Gasteiger partial charge is 0.157 e. The number of hydrogen-bond acceptors (Lipinski definition) is 3. The highest BCUT2D eigenvalue weighted by Crippen LogP contribution is 2.37. The van der Waals surface area contributed by atoms with Crippen LogP contribution in [0.3, 0.4) is 0 Å². The zero-order valence-corrected chi connectivity index (χ0v) is 14.7. The van der Waals surface area contributed by atoms with E-state index in [-0.39, 0.29) is 39.5 Å². The molecule has 0 unspecified atom stereocenters. The van der Waals surface area contributed by atoms with E-state index in [1.807, 2.05) is 0 Å². The van der Waals surface area contributed by atoms with E-state index < -0.39 is 5.82 Å². The van der Waals surface area contributed by atoms with Gasteiger partial charge < -0.3 is 14.6 Å². The van der Waals surface area contributed by atoms with Crippen molar-refractivity contribution in [3.63, 3.8) is 0 Å². The van der Waals surface area contributed by atoms with Crippen molar-refractivity contribution in [2.75, 3.05) is 0 Å². The SMILES string of the molecule is Oc1cc(Cl)c(OCc2cc(Oc3ccc(F)cc3)ccc2F)c(Cl)c1. The van der Waals surface area contributed by atoms with E-state index in [1.165, 1.54) is 54.6 Å². The van der Waals surface area contributed by atoms with Gasteiger partial charge in [-0.3, -0.25) is 0 Å². The number of aromatic hydroxyl groups is 1. The minimum Gasteiger partial charge on any atom is -0.508 e. The Bertz CT molecular complexity index is 908. The van der Waals surface area contributed by atoms with Gasteiger partial charge in [-0.05, 0) is 42.5 Å². The largest absolute Gasteiger partial charge is 0.508 e. The molecule has 0 atom stereocenters. The predicted molar refractivity (Wildman–Crippen MR) is 95.3 cm³/mol. The maximum atomic E-state index is 14.0. The number of ether oxygens (including phenoxy) is 2. The molecule has 3 nitrogen and oxygen atoms in total. The second kappa shape index (κ2) is 7.81. The van der Waals surface area contributed by atoms with Gasteiger partial charge in [0.2, 0.25) is 0 Å². The van der Waals surface area contributed by atoms with Crippen molar-refractivity contribution in [3.05, 3.63) is 81.8 Å². The first-order valence-corrected chi connectivity index (χ1v) is 8.20. The lowest BCUT2D eigenvalue weighted by Crippen LogP contribution is -2.00. The second-order valence-electron chi connectivity index (χ2n) is 5.34. The summed E-state index contributed by atoms with van der Waals surface area (Å²) in [6.45, 7) is -0.156. The molecular formula is C19H12Cl2F2O3. The first kappa shape index (κ1) is 18.3. The summed E-state index contributed by atoms with van der Waals surface area (Å²) in [6.07, 6.45) is 0. The molecule has 0 aliphatic rings. The molecule has 134 valence electrons. The Morgan fingerprint density at radius 3 is 2.12 bits per heavy atom. The normalized spacial score (nSPS) is 10.6. The molecule has 0 heterocycles. The van der Waals surface area contributed by atoms with Gasteiger partial charge in [-0.2, -0.15) is 0 Å². The summed E-state index contributed by atoms with van der Waals surface area (Å²) in [7, 11) is 0. The molecule has 3 aromatic carbocycles. The lowest BCUT2D eigenvalue weighted by Gasteiger charge is -2.12. The first-order chi connectivity index (χ1) is 12.4. The van der Waals surface area contributed by atoms with Crippen LogP contribution in [0.1, 0.15) is 5.56 Å². The van der Waals surface area contributed by atoms with E-state index in [9.17, 15) is 13.9 Å². The number of phenolic OH excluding ortho intramolecular Hbond substituents is 1. The van der Waals surface area contributed by atoms with Crippen LogP contribution in [-0.4, -0.2) is 5.11 Å². The molecule has 0 aliphatic heterocycles. The average Bonchev–Trinajstić information content (AvgIpc) is 2.58. The summed E-state index contributed by atoms with van der Waals surface area (Å²) in [4.78, 5) is 0.